The fourth-order valence-electron chi connectivity index (χ4n) is 2.66. The number of hydrogen-bond donors (Lipinski definition) is 1. The monoisotopic (exact) mass is 372 g/mol. The lowest BCUT2D eigenvalue weighted by atomic mass is 10.1. The summed E-state index contributed by atoms with van der Waals surface area (Å²) in [5, 5.41) is 4.01. The van der Waals surface area contributed by atoms with Crippen molar-refractivity contribution >= 4 is 56.7 Å². The predicted octanol–water partition coefficient (Wildman–Crippen LogP) is 5.34. The molecule has 3 nitrogen and oxygen atoms in total. The van der Waals surface area contributed by atoms with Crippen LogP contribution in [0.2, 0.25) is 0 Å². The van der Waals surface area contributed by atoms with Gasteiger partial charge in [-0.1, -0.05) is 12.1 Å². The van der Waals surface area contributed by atoms with E-state index < -0.39 is 0 Å². The lowest BCUT2D eigenvalue weighted by Gasteiger charge is -2.09. The lowest BCUT2D eigenvalue weighted by Crippen LogP contribution is -2.11. The fraction of sp³-hybridized carbons (Fsp3) is 0.222. The Bertz CT molecular complexity index is 883. The zero-order valence-electron chi connectivity index (χ0n) is 13.1. The van der Waals surface area contributed by atoms with Crippen molar-refractivity contribution in [1.29, 1.82) is 0 Å². The molecule has 0 bridgehead atoms. The van der Waals surface area contributed by atoms with Crippen LogP contribution in [0.3, 0.4) is 0 Å². The summed E-state index contributed by atoms with van der Waals surface area (Å²) in [4.78, 5) is 16.9. The third-order valence-electron chi connectivity index (χ3n) is 3.82. The summed E-state index contributed by atoms with van der Waals surface area (Å²) in [6.45, 7) is 1.99. The maximum Gasteiger partial charge on any atom is 0.255 e. The highest BCUT2D eigenvalue weighted by atomic mass is 32.2. The van der Waals surface area contributed by atoms with Gasteiger partial charge in [0.25, 0.3) is 5.91 Å². The minimum Gasteiger partial charge on any atom is -0.322 e. The van der Waals surface area contributed by atoms with E-state index in [-0.39, 0.29) is 5.91 Å². The second-order valence-corrected chi connectivity index (χ2v) is 9.52. The van der Waals surface area contributed by atoms with Crippen LogP contribution in [-0.2, 0) is 0 Å². The highest BCUT2D eigenvalue weighted by Gasteiger charge is 2.18. The predicted molar refractivity (Wildman–Crippen MR) is 106 cm³/mol. The van der Waals surface area contributed by atoms with Crippen LogP contribution >= 0.6 is 34.9 Å². The summed E-state index contributed by atoms with van der Waals surface area (Å²) < 4.78 is 1.61. The number of aromatic nitrogens is 1. The molecule has 2 aromatic carbocycles. The average molecular weight is 373 g/mol. The first-order valence-electron chi connectivity index (χ1n) is 7.71. The Labute approximate surface area is 153 Å². The standard InChI is InChI=1S/C18H16N2OS3/c1-11-19-15-7-6-14(10-16(15)24-11)20-17(21)12-2-4-13(5-3-12)18-22-8-9-23-18/h2-7,10,18H,8-9H2,1H3,(H,20,21). The number of rotatable bonds is 3. The van der Waals surface area contributed by atoms with Gasteiger partial charge in [-0.3, -0.25) is 4.79 Å². The molecule has 1 aliphatic heterocycles. The molecule has 1 saturated heterocycles. The molecule has 1 amide bonds. The van der Waals surface area contributed by atoms with Gasteiger partial charge >= 0.3 is 0 Å². The van der Waals surface area contributed by atoms with Crippen molar-refractivity contribution in [2.45, 2.75) is 11.5 Å². The molecule has 3 aromatic rings. The normalized spacial score (nSPS) is 15.0. The third-order valence-corrected chi connectivity index (χ3v) is 7.86. The number of nitrogens with one attached hydrogen (secondary N) is 1. The number of thiazole rings is 1. The van der Waals surface area contributed by atoms with Gasteiger partial charge in [-0.15, -0.1) is 34.9 Å². The Morgan fingerprint density at radius 1 is 1.12 bits per heavy atom. The molecule has 24 heavy (non-hydrogen) atoms. The van der Waals surface area contributed by atoms with Gasteiger partial charge < -0.3 is 5.32 Å². The highest BCUT2D eigenvalue weighted by Crippen LogP contribution is 2.45. The van der Waals surface area contributed by atoms with Gasteiger partial charge in [-0.25, -0.2) is 4.98 Å². The molecule has 0 atom stereocenters. The Morgan fingerprint density at radius 3 is 2.62 bits per heavy atom. The van der Waals surface area contributed by atoms with Crippen molar-refractivity contribution in [2.24, 2.45) is 0 Å². The number of nitrogens with zero attached hydrogens (tertiary/aromatic N) is 1. The first-order chi connectivity index (χ1) is 11.7. The van der Waals surface area contributed by atoms with E-state index in [1.165, 1.54) is 17.1 Å². The van der Waals surface area contributed by atoms with Crippen molar-refractivity contribution < 1.29 is 4.79 Å². The number of amides is 1. The van der Waals surface area contributed by atoms with E-state index in [1.807, 2.05) is 60.8 Å². The molecule has 1 fully saturated rings. The molecule has 122 valence electrons. The Kier molecular flexibility index (Phi) is 4.52. The summed E-state index contributed by atoms with van der Waals surface area (Å²) in [6.07, 6.45) is 0. The number of carbonyl (C=O) groups is 1. The minimum atomic E-state index is -0.0751. The van der Waals surface area contributed by atoms with Gasteiger partial charge in [0.15, 0.2) is 0 Å². The van der Waals surface area contributed by atoms with Crippen LogP contribution in [0.1, 0.15) is 25.5 Å². The van der Waals surface area contributed by atoms with Crippen LogP contribution in [0.5, 0.6) is 0 Å². The van der Waals surface area contributed by atoms with Crippen LogP contribution in [-0.4, -0.2) is 22.4 Å². The number of aryl methyl sites for hydroxylation is 1. The number of benzene rings is 2. The molecule has 1 N–H and O–H groups in total. The first-order valence-corrected chi connectivity index (χ1v) is 10.6. The molecule has 0 aliphatic carbocycles. The SMILES string of the molecule is Cc1nc2ccc(NC(=O)c3ccc(C4SCCS4)cc3)cc2s1. The number of anilines is 1. The largest absolute Gasteiger partial charge is 0.322 e. The van der Waals surface area contributed by atoms with Crippen LogP contribution in [0, 0.1) is 6.92 Å². The fourth-order valence-corrected chi connectivity index (χ4v) is 6.39. The topological polar surface area (TPSA) is 42.0 Å². The zero-order chi connectivity index (χ0) is 16.5. The van der Waals surface area contributed by atoms with E-state index >= 15 is 0 Å². The smallest absolute Gasteiger partial charge is 0.255 e. The van der Waals surface area contributed by atoms with Crippen molar-refractivity contribution in [3.05, 3.63) is 58.6 Å². The number of carbonyl (C=O) groups excluding carboxylic acids is 1. The minimum absolute atomic E-state index is 0.0751. The third kappa shape index (κ3) is 3.31. The van der Waals surface area contributed by atoms with Crippen LogP contribution < -0.4 is 5.32 Å². The van der Waals surface area contributed by atoms with E-state index in [0.29, 0.717) is 10.1 Å². The molecule has 0 saturated carbocycles. The van der Waals surface area contributed by atoms with E-state index in [0.717, 1.165) is 20.9 Å². The highest BCUT2D eigenvalue weighted by molar-refractivity contribution is 8.19. The lowest BCUT2D eigenvalue weighted by molar-refractivity contribution is 0.102. The van der Waals surface area contributed by atoms with Crippen molar-refractivity contribution in [3.63, 3.8) is 0 Å². The van der Waals surface area contributed by atoms with Crippen LogP contribution in [0.15, 0.2) is 42.5 Å². The molecule has 6 heteroatoms. The molecule has 2 heterocycles. The van der Waals surface area contributed by atoms with E-state index in [1.54, 1.807) is 11.3 Å². The number of thioether (sulfide) groups is 2. The molecular formula is C18H16N2OS3. The van der Waals surface area contributed by atoms with Crippen molar-refractivity contribution in [3.8, 4) is 0 Å². The molecule has 0 unspecified atom stereocenters. The number of hydrogen-bond acceptors (Lipinski definition) is 5. The second-order valence-electron chi connectivity index (χ2n) is 5.57. The maximum atomic E-state index is 12.5. The molecule has 4 rings (SSSR count). The van der Waals surface area contributed by atoms with Gasteiger partial charge in [-0.2, -0.15) is 0 Å². The molecule has 1 aromatic heterocycles. The van der Waals surface area contributed by atoms with Crippen LogP contribution in [0.25, 0.3) is 10.2 Å². The van der Waals surface area contributed by atoms with Crippen molar-refractivity contribution in [2.75, 3.05) is 16.8 Å². The Balaban J connectivity index is 1.50. The Hall–Kier alpha value is -1.50. The second kappa shape index (κ2) is 6.78. The van der Waals surface area contributed by atoms with Gasteiger partial charge in [-0.05, 0) is 42.8 Å². The molecule has 0 radical (unpaired) electrons. The molecular weight excluding hydrogens is 356 g/mol. The van der Waals surface area contributed by atoms with Gasteiger partial charge in [0.2, 0.25) is 0 Å². The van der Waals surface area contributed by atoms with Gasteiger partial charge in [0.05, 0.1) is 19.8 Å². The van der Waals surface area contributed by atoms with Crippen molar-refractivity contribution in [1.82, 2.24) is 4.98 Å². The van der Waals surface area contributed by atoms with Crippen LogP contribution in [0.4, 0.5) is 5.69 Å². The quantitative estimate of drug-likeness (QED) is 0.674. The van der Waals surface area contributed by atoms with Gasteiger partial charge in [0.1, 0.15) is 0 Å². The van der Waals surface area contributed by atoms with E-state index in [2.05, 4.69) is 22.4 Å². The maximum absolute atomic E-state index is 12.5. The number of fused-ring (bicyclic) bond motifs is 1. The van der Waals surface area contributed by atoms with E-state index in [4.69, 9.17) is 0 Å². The summed E-state index contributed by atoms with van der Waals surface area (Å²) in [6, 6.07) is 13.8. The Morgan fingerprint density at radius 2 is 1.88 bits per heavy atom. The first kappa shape index (κ1) is 16.0. The molecule has 0 spiro atoms. The van der Waals surface area contributed by atoms with E-state index in [9.17, 15) is 4.79 Å². The molecule has 1 aliphatic rings. The average Bonchev–Trinajstić information content (AvgIpc) is 3.23. The van der Waals surface area contributed by atoms with Gasteiger partial charge in [0, 0.05) is 22.8 Å². The summed E-state index contributed by atoms with van der Waals surface area (Å²) in [5.41, 5.74) is 3.77. The summed E-state index contributed by atoms with van der Waals surface area (Å²) in [7, 11) is 0. The zero-order valence-corrected chi connectivity index (χ0v) is 15.6. The summed E-state index contributed by atoms with van der Waals surface area (Å²) >= 11 is 5.58. The summed E-state index contributed by atoms with van der Waals surface area (Å²) in [5.74, 6) is 2.34.